The van der Waals surface area contributed by atoms with Crippen molar-refractivity contribution in [2.24, 2.45) is 4.99 Å². The van der Waals surface area contributed by atoms with E-state index in [-0.39, 0.29) is 17.0 Å². The maximum atomic E-state index is 5.23. The van der Waals surface area contributed by atoms with E-state index in [0.717, 1.165) is 34.5 Å². The molecule has 5 aliphatic rings. The average molecular weight is 661 g/mol. The third kappa shape index (κ3) is 4.72. The van der Waals surface area contributed by atoms with E-state index in [0.29, 0.717) is 5.92 Å². The predicted molar refractivity (Wildman–Crippen MR) is 212 cm³/mol. The van der Waals surface area contributed by atoms with E-state index < -0.39 is 0 Å². The van der Waals surface area contributed by atoms with Gasteiger partial charge in [-0.1, -0.05) is 166 Å². The summed E-state index contributed by atoms with van der Waals surface area (Å²) in [7, 11) is 0. The van der Waals surface area contributed by atoms with E-state index in [9.17, 15) is 0 Å². The average Bonchev–Trinajstić information content (AvgIpc) is 3.59. The SMILES string of the molecule is CC1(C)c2cc3c(cc2-c2c(-c4ccc(C5=NC(c6ccccc6)NC(c6ccccc6)=C5)cc4)cccc21)C1(CCCCC1)C1=CC=CCC13. The molecule has 4 aliphatic carbocycles. The van der Waals surface area contributed by atoms with Crippen LogP contribution in [0.4, 0.5) is 0 Å². The molecule has 51 heavy (non-hydrogen) atoms. The minimum absolute atomic E-state index is 0.0543. The first-order valence-corrected chi connectivity index (χ1v) is 19.0. The fourth-order valence-electron chi connectivity index (χ4n) is 10.2. The zero-order valence-corrected chi connectivity index (χ0v) is 29.6. The van der Waals surface area contributed by atoms with E-state index in [4.69, 9.17) is 4.99 Å². The van der Waals surface area contributed by atoms with Crippen molar-refractivity contribution < 1.29 is 0 Å². The molecule has 250 valence electrons. The van der Waals surface area contributed by atoms with Crippen molar-refractivity contribution >= 4 is 11.4 Å². The minimum atomic E-state index is -0.151. The molecule has 2 heteroatoms. The topological polar surface area (TPSA) is 24.4 Å². The number of hydrogen-bond acceptors (Lipinski definition) is 2. The lowest BCUT2D eigenvalue weighted by Gasteiger charge is -2.38. The van der Waals surface area contributed by atoms with Gasteiger partial charge in [0.15, 0.2) is 0 Å². The van der Waals surface area contributed by atoms with Gasteiger partial charge in [0.2, 0.25) is 0 Å². The molecule has 2 unspecified atom stereocenters. The smallest absolute Gasteiger partial charge is 0.145 e. The summed E-state index contributed by atoms with van der Waals surface area (Å²) in [6, 6.07) is 42.6. The lowest BCUT2D eigenvalue weighted by atomic mass is 9.66. The molecule has 0 aromatic heterocycles. The molecule has 2 atom stereocenters. The molecule has 1 heterocycles. The Labute approximate surface area is 302 Å². The van der Waals surface area contributed by atoms with Gasteiger partial charge in [0.1, 0.15) is 6.17 Å². The molecular weight excluding hydrogens is 617 g/mol. The zero-order valence-electron chi connectivity index (χ0n) is 29.6. The fourth-order valence-corrected chi connectivity index (χ4v) is 10.2. The molecule has 1 spiro atoms. The maximum absolute atomic E-state index is 5.23. The lowest BCUT2D eigenvalue weighted by Crippen LogP contribution is -2.29. The van der Waals surface area contributed by atoms with Crippen LogP contribution in [0.5, 0.6) is 0 Å². The summed E-state index contributed by atoms with van der Waals surface area (Å²) in [4.78, 5) is 5.23. The van der Waals surface area contributed by atoms with Gasteiger partial charge in [-0.3, -0.25) is 4.99 Å². The molecule has 1 aliphatic heterocycles. The molecule has 1 fully saturated rings. The molecule has 10 rings (SSSR count). The summed E-state index contributed by atoms with van der Waals surface area (Å²) in [5.74, 6) is 0.538. The van der Waals surface area contributed by atoms with Crippen LogP contribution >= 0.6 is 0 Å². The lowest BCUT2D eigenvalue weighted by molar-refractivity contribution is 0.342. The summed E-state index contributed by atoms with van der Waals surface area (Å²) in [5, 5.41) is 3.69. The van der Waals surface area contributed by atoms with Crippen molar-refractivity contribution in [1.29, 1.82) is 0 Å². The van der Waals surface area contributed by atoms with E-state index >= 15 is 0 Å². The van der Waals surface area contributed by atoms with Crippen LogP contribution in [0.2, 0.25) is 0 Å². The summed E-state index contributed by atoms with van der Waals surface area (Å²) >= 11 is 0. The van der Waals surface area contributed by atoms with Gasteiger partial charge in [0, 0.05) is 22.4 Å². The standard InChI is InChI=1S/C49H44N2/c1-48(2)41-22-14-20-36(46(41)39-30-43-38(29-42(39)48)37-19-10-11-21-40(37)49(43)27-12-5-13-28-49)32-23-25-34(26-24-32)45-31-44(33-15-6-3-7-16-33)50-47(51-45)35-17-8-4-9-18-35/h3-4,6-11,14-18,20-26,29-31,37,47,50H,5,12-13,19,27-28H2,1-2H3. The van der Waals surface area contributed by atoms with Crippen molar-refractivity contribution in [2.75, 3.05) is 0 Å². The molecule has 1 N–H and O–H groups in total. The minimum Gasteiger partial charge on any atom is -0.360 e. The number of rotatable bonds is 4. The Morgan fingerprint density at radius 1 is 0.667 bits per heavy atom. The Kier molecular flexibility index (Phi) is 7.00. The molecule has 5 aromatic rings. The molecule has 1 saturated carbocycles. The summed E-state index contributed by atoms with van der Waals surface area (Å²) in [6.07, 6.45) is 17.0. The fraction of sp³-hybridized carbons (Fsp3) is 0.245. The first kappa shape index (κ1) is 30.6. The van der Waals surface area contributed by atoms with E-state index in [1.165, 1.54) is 65.5 Å². The summed E-state index contributed by atoms with van der Waals surface area (Å²) in [5.41, 5.74) is 19.0. The molecule has 0 radical (unpaired) electrons. The summed E-state index contributed by atoms with van der Waals surface area (Å²) < 4.78 is 0. The van der Waals surface area contributed by atoms with Crippen LogP contribution in [0, 0.1) is 0 Å². The number of hydrogen-bond donors (Lipinski definition) is 1. The Bertz CT molecular complexity index is 2290. The van der Waals surface area contributed by atoms with Gasteiger partial charge in [-0.25, -0.2) is 0 Å². The van der Waals surface area contributed by atoms with Crippen molar-refractivity contribution in [3.63, 3.8) is 0 Å². The van der Waals surface area contributed by atoms with Crippen LogP contribution in [0.25, 0.3) is 28.0 Å². The van der Waals surface area contributed by atoms with Gasteiger partial charge in [0.25, 0.3) is 0 Å². The maximum Gasteiger partial charge on any atom is 0.145 e. The molecule has 0 bridgehead atoms. The van der Waals surface area contributed by atoms with Crippen molar-refractivity contribution in [3.8, 4) is 22.3 Å². The largest absolute Gasteiger partial charge is 0.360 e. The highest BCUT2D eigenvalue weighted by molar-refractivity contribution is 6.13. The number of aliphatic imine (C=N–C) groups is 1. The van der Waals surface area contributed by atoms with Crippen LogP contribution < -0.4 is 5.32 Å². The number of benzene rings is 5. The third-order valence-electron chi connectivity index (χ3n) is 12.7. The van der Waals surface area contributed by atoms with E-state index in [1.54, 1.807) is 16.7 Å². The summed E-state index contributed by atoms with van der Waals surface area (Å²) in [6.45, 7) is 4.88. The zero-order chi connectivity index (χ0) is 34.2. The second kappa shape index (κ2) is 11.7. The molecule has 0 amide bonds. The number of nitrogens with one attached hydrogen (secondary N) is 1. The highest BCUT2D eigenvalue weighted by Crippen LogP contribution is 2.62. The monoisotopic (exact) mass is 660 g/mol. The van der Waals surface area contributed by atoms with Crippen molar-refractivity contribution in [3.05, 3.63) is 184 Å². The van der Waals surface area contributed by atoms with Crippen LogP contribution in [0.15, 0.2) is 150 Å². The second-order valence-corrected chi connectivity index (χ2v) is 15.8. The van der Waals surface area contributed by atoms with E-state index in [1.807, 2.05) is 0 Å². The molecular formula is C49H44N2. The van der Waals surface area contributed by atoms with Gasteiger partial charge in [-0.15, -0.1) is 0 Å². The Hall–Kier alpha value is -5.21. The van der Waals surface area contributed by atoms with Gasteiger partial charge in [-0.05, 0) is 92.6 Å². The van der Waals surface area contributed by atoms with Crippen LogP contribution in [0.3, 0.4) is 0 Å². The van der Waals surface area contributed by atoms with E-state index in [2.05, 4.69) is 159 Å². The second-order valence-electron chi connectivity index (χ2n) is 15.8. The van der Waals surface area contributed by atoms with Gasteiger partial charge in [-0.2, -0.15) is 0 Å². The van der Waals surface area contributed by atoms with Crippen molar-refractivity contribution in [2.45, 2.75) is 75.3 Å². The molecule has 5 aromatic carbocycles. The van der Waals surface area contributed by atoms with Crippen LogP contribution in [-0.4, -0.2) is 5.71 Å². The normalized spacial score (nSPS) is 21.8. The first-order valence-electron chi connectivity index (χ1n) is 19.0. The molecule has 0 saturated heterocycles. The Balaban J connectivity index is 1.07. The number of allylic oxidation sites excluding steroid dienone is 5. The van der Waals surface area contributed by atoms with Crippen LogP contribution in [-0.2, 0) is 10.8 Å². The van der Waals surface area contributed by atoms with Gasteiger partial charge < -0.3 is 5.32 Å². The first-order chi connectivity index (χ1) is 25.0. The predicted octanol–water partition coefficient (Wildman–Crippen LogP) is 12.0. The Morgan fingerprint density at radius 2 is 1.41 bits per heavy atom. The number of fused-ring (bicyclic) bond motifs is 8. The highest BCUT2D eigenvalue weighted by Gasteiger charge is 2.50. The van der Waals surface area contributed by atoms with Gasteiger partial charge >= 0.3 is 0 Å². The quantitative estimate of drug-likeness (QED) is 0.204. The van der Waals surface area contributed by atoms with Crippen molar-refractivity contribution in [1.82, 2.24) is 5.32 Å². The van der Waals surface area contributed by atoms with Gasteiger partial charge in [0.05, 0.1) is 5.71 Å². The third-order valence-corrected chi connectivity index (χ3v) is 12.7. The highest BCUT2D eigenvalue weighted by atomic mass is 15.1. The molecule has 2 nitrogen and oxygen atoms in total. The Morgan fingerprint density at radius 3 is 2.20 bits per heavy atom. The number of nitrogens with zero attached hydrogens (tertiary/aromatic N) is 1. The van der Waals surface area contributed by atoms with Crippen LogP contribution in [0.1, 0.15) is 103 Å².